The second kappa shape index (κ2) is 12.6. The van der Waals surface area contributed by atoms with Gasteiger partial charge < -0.3 is 24.8 Å². The zero-order chi connectivity index (χ0) is 30.6. The van der Waals surface area contributed by atoms with Crippen LogP contribution in [-0.4, -0.2) is 39.3 Å². The van der Waals surface area contributed by atoms with Crippen molar-refractivity contribution in [2.45, 2.75) is 59.6 Å². The number of amides is 1. The second-order valence-corrected chi connectivity index (χ2v) is 11.3. The summed E-state index contributed by atoms with van der Waals surface area (Å²) in [5.74, 6) is 1.89. The molecule has 1 unspecified atom stereocenters. The first-order valence-electron chi connectivity index (χ1n) is 14.5. The number of anilines is 2. The van der Waals surface area contributed by atoms with Crippen molar-refractivity contribution < 1.29 is 19.0 Å². The number of carbonyl (C=O) groups excluding carboxylic acids is 1. The number of hydrogen-bond acceptors (Lipinski definition) is 8. The topological polar surface area (TPSA) is 112 Å². The van der Waals surface area contributed by atoms with Crippen LogP contribution in [0.4, 0.5) is 11.6 Å². The van der Waals surface area contributed by atoms with E-state index < -0.39 is 6.04 Å². The molecule has 1 aromatic heterocycles. The van der Waals surface area contributed by atoms with Crippen molar-refractivity contribution >= 4 is 17.5 Å². The Morgan fingerprint density at radius 1 is 0.930 bits per heavy atom. The highest BCUT2D eigenvalue weighted by Crippen LogP contribution is 2.39. The van der Waals surface area contributed by atoms with Gasteiger partial charge in [-0.1, -0.05) is 68.3 Å². The molecule has 5 rings (SSSR count). The number of hydrogen-bond donors (Lipinski definition) is 2. The number of rotatable bonds is 10. The van der Waals surface area contributed by atoms with E-state index in [4.69, 9.17) is 14.2 Å². The summed E-state index contributed by atoms with van der Waals surface area (Å²) >= 11 is 0. The normalized spacial score (nSPS) is 14.5. The summed E-state index contributed by atoms with van der Waals surface area (Å²) in [5.41, 5.74) is 4.84. The van der Waals surface area contributed by atoms with Crippen LogP contribution in [0.5, 0.6) is 17.2 Å². The highest BCUT2D eigenvalue weighted by molar-refractivity contribution is 6.06. The third kappa shape index (κ3) is 6.48. The zero-order valence-corrected chi connectivity index (χ0v) is 25.5. The minimum atomic E-state index is -0.622. The lowest BCUT2D eigenvalue weighted by Crippen LogP contribution is -2.31. The fraction of sp³-hybridized carbons (Fsp3) is 0.333. The molecule has 1 amide bonds. The maximum Gasteiger partial charge on any atom is 0.255 e. The Balaban J connectivity index is 1.45. The molecule has 1 aliphatic heterocycles. The SMILES string of the molecule is CCOc1ccccc1NC(=O)C1=C(C)Nc2nnnn2C1c1ccc(OCc2ccc(C(C)(C)C)cc2)c(OCC)c1. The van der Waals surface area contributed by atoms with Crippen LogP contribution < -0.4 is 24.8 Å². The molecule has 2 heterocycles. The number of tetrazole rings is 1. The molecule has 10 nitrogen and oxygen atoms in total. The van der Waals surface area contributed by atoms with Gasteiger partial charge in [0.15, 0.2) is 11.5 Å². The Kier molecular flexibility index (Phi) is 8.66. The van der Waals surface area contributed by atoms with Crippen LogP contribution in [0.1, 0.15) is 64.3 Å². The van der Waals surface area contributed by atoms with E-state index in [9.17, 15) is 4.79 Å². The fourth-order valence-electron chi connectivity index (χ4n) is 5.00. The van der Waals surface area contributed by atoms with Crippen molar-refractivity contribution in [3.05, 3.63) is 94.7 Å². The fourth-order valence-corrected chi connectivity index (χ4v) is 5.00. The van der Waals surface area contributed by atoms with Crippen molar-refractivity contribution in [3.8, 4) is 17.2 Å². The highest BCUT2D eigenvalue weighted by atomic mass is 16.5. The maximum atomic E-state index is 13.9. The van der Waals surface area contributed by atoms with Gasteiger partial charge in [-0.15, -0.1) is 0 Å². The van der Waals surface area contributed by atoms with Gasteiger partial charge >= 0.3 is 0 Å². The molecule has 1 atom stereocenters. The Labute approximate surface area is 252 Å². The van der Waals surface area contributed by atoms with E-state index in [1.807, 2.05) is 63.2 Å². The first-order chi connectivity index (χ1) is 20.7. The summed E-state index contributed by atoms with van der Waals surface area (Å²) in [6.07, 6.45) is 0. The molecule has 0 fully saturated rings. The molecule has 43 heavy (non-hydrogen) atoms. The average Bonchev–Trinajstić information content (AvgIpc) is 3.45. The number of allylic oxidation sites excluding steroid dienone is 1. The van der Waals surface area contributed by atoms with Crippen LogP contribution in [0.25, 0.3) is 0 Å². The lowest BCUT2D eigenvalue weighted by Gasteiger charge is -2.28. The molecule has 0 spiro atoms. The summed E-state index contributed by atoms with van der Waals surface area (Å²) in [4.78, 5) is 13.9. The van der Waals surface area contributed by atoms with E-state index in [1.54, 1.807) is 4.68 Å². The molecule has 0 radical (unpaired) electrons. The van der Waals surface area contributed by atoms with Crippen LogP contribution in [0.3, 0.4) is 0 Å². The van der Waals surface area contributed by atoms with Crippen LogP contribution in [0.2, 0.25) is 0 Å². The summed E-state index contributed by atoms with van der Waals surface area (Å²) in [6.45, 7) is 13.5. The van der Waals surface area contributed by atoms with Crippen molar-refractivity contribution in [1.29, 1.82) is 0 Å². The van der Waals surface area contributed by atoms with Gasteiger partial charge in [-0.05, 0) is 77.6 Å². The molecule has 3 aromatic carbocycles. The van der Waals surface area contributed by atoms with Crippen molar-refractivity contribution in [3.63, 3.8) is 0 Å². The van der Waals surface area contributed by atoms with Crippen molar-refractivity contribution in [2.24, 2.45) is 0 Å². The van der Waals surface area contributed by atoms with E-state index in [0.29, 0.717) is 60.0 Å². The lowest BCUT2D eigenvalue weighted by molar-refractivity contribution is -0.113. The van der Waals surface area contributed by atoms with Gasteiger partial charge in [-0.25, -0.2) is 0 Å². The van der Waals surface area contributed by atoms with E-state index in [-0.39, 0.29) is 11.3 Å². The predicted octanol–water partition coefficient (Wildman–Crippen LogP) is 6.27. The molecule has 4 aromatic rings. The first kappa shape index (κ1) is 29.6. The summed E-state index contributed by atoms with van der Waals surface area (Å²) in [5, 5.41) is 18.4. The minimum Gasteiger partial charge on any atom is -0.492 e. The van der Waals surface area contributed by atoms with Crippen molar-refractivity contribution in [1.82, 2.24) is 20.2 Å². The van der Waals surface area contributed by atoms with Gasteiger partial charge in [0.1, 0.15) is 18.4 Å². The molecule has 224 valence electrons. The van der Waals surface area contributed by atoms with Crippen LogP contribution >= 0.6 is 0 Å². The Bertz CT molecular complexity index is 1620. The zero-order valence-electron chi connectivity index (χ0n) is 25.5. The predicted molar refractivity (Wildman–Crippen MR) is 166 cm³/mol. The number of aromatic nitrogens is 4. The third-order valence-electron chi connectivity index (χ3n) is 7.19. The summed E-state index contributed by atoms with van der Waals surface area (Å²) in [6, 6.07) is 20.8. The number of nitrogens with zero attached hydrogens (tertiary/aromatic N) is 4. The quantitative estimate of drug-likeness (QED) is 0.225. The van der Waals surface area contributed by atoms with Crippen LogP contribution in [-0.2, 0) is 16.8 Å². The molecule has 0 bridgehead atoms. The third-order valence-corrected chi connectivity index (χ3v) is 7.19. The number of carbonyl (C=O) groups is 1. The number of benzene rings is 3. The minimum absolute atomic E-state index is 0.0840. The largest absolute Gasteiger partial charge is 0.492 e. The van der Waals surface area contributed by atoms with E-state index >= 15 is 0 Å². The van der Waals surface area contributed by atoms with E-state index in [0.717, 1.165) is 11.1 Å². The van der Waals surface area contributed by atoms with Gasteiger partial charge in [-0.2, -0.15) is 4.68 Å². The Morgan fingerprint density at radius 2 is 1.65 bits per heavy atom. The Morgan fingerprint density at radius 3 is 2.37 bits per heavy atom. The van der Waals surface area contributed by atoms with Crippen LogP contribution in [0, 0.1) is 0 Å². The van der Waals surface area contributed by atoms with E-state index in [1.165, 1.54) is 5.56 Å². The molecule has 1 aliphatic rings. The van der Waals surface area contributed by atoms with Gasteiger partial charge in [0.2, 0.25) is 5.95 Å². The van der Waals surface area contributed by atoms with Crippen molar-refractivity contribution in [2.75, 3.05) is 23.8 Å². The van der Waals surface area contributed by atoms with Gasteiger partial charge in [-0.3, -0.25) is 4.79 Å². The average molecular weight is 583 g/mol. The number of ether oxygens (including phenoxy) is 3. The second-order valence-electron chi connectivity index (χ2n) is 11.3. The number of para-hydroxylation sites is 2. The molecule has 0 aliphatic carbocycles. The summed E-state index contributed by atoms with van der Waals surface area (Å²) in [7, 11) is 0. The van der Waals surface area contributed by atoms with E-state index in [2.05, 4.69) is 71.2 Å². The monoisotopic (exact) mass is 582 g/mol. The molecule has 10 heteroatoms. The summed E-state index contributed by atoms with van der Waals surface area (Å²) < 4.78 is 19.6. The van der Waals surface area contributed by atoms with Gasteiger partial charge in [0.05, 0.1) is 24.5 Å². The molecular weight excluding hydrogens is 544 g/mol. The smallest absolute Gasteiger partial charge is 0.255 e. The molecular formula is C33H38N6O4. The Hall–Kier alpha value is -4.86. The maximum absolute atomic E-state index is 13.9. The standard InChI is InChI=1S/C33H38N6O4/c1-7-41-26-12-10-9-11-25(26)35-31(40)29-21(3)34-32-36-37-38-39(32)30(29)23-15-18-27(28(19-23)42-8-2)43-20-22-13-16-24(17-14-22)33(4,5)6/h9-19,30H,7-8,20H2,1-6H3,(H,35,40)(H,34,36,38). The molecule has 0 saturated carbocycles. The number of nitrogens with one attached hydrogen (secondary N) is 2. The first-order valence-corrected chi connectivity index (χ1v) is 14.5. The van der Waals surface area contributed by atoms with Crippen LogP contribution in [0.15, 0.2) is 78.0 Å². The molecule has 2 N–H and O–H groups in total. The highest BCUT2D eigenvalue weighted by Gasteiger charge is 2.35. The van der Waals surface area contributed by atoms with Gasteiger partial charge in [0.25, 0.3) is 5.91 Å². The van der Waals surface area contributed by atoms with Gasteiger partial charge in [0, 0.05) is 5.70 Å². The molecule has 0 saturated heterocycles. The number of fused-ring (bicyclic) bond motifs is 1. The lowest BCUT2D eigenvalue weighted by atomic mass is 9.87.